The monoisotopic (exact) mass is 279 g/mol. The second-order valence-corrected chi connectivity index (χ2v) is 6.26. The van der Waals surface area contributed by atoms with E-state index in [0.29, 0.717) is 17.0 Å². The van der Waals surface area contributed by atoms with Crippen LogP contribution in [0, 0.1) is 24.2 Å². The lowest BCUT2D eigenvalue weighted by Crippen LogP contribution is -2.13. The van der Waals surface area contributed by atoms with Crippen LogP contribution in [0.15, 0.2) is 6.07 Å². The predicted octanol–water partition coefficient (Wildman–Crippen LogP) is 4.03. The standard InChI is InChI=1S/C15H22ClN3/c1-12-9-15(10-17)19(18-12)11-13-5-2-3-7-14(16)8-4-6-13/h9,13-14H,2-8,11H2,1H3. The van der Waals surface area contributed by atoms with Crippen molar-refractivity contribution < 1.29 is 0 Å². The molecular formula is C15H22ClN3. The Kier molecular flexibility index (Phi) is 5.27. The molecule has 0 spiro atoms. The molecule has 19 heavy (non-hydrogen) atoms. The molecule has 104 valence electrons. The maximum Gasteiger partial charge on any atom is 0.138 e. The average molecular weight is 280 g/mol. The van der Waals surface area contributed by atoms with Crippen molar-refractivity contribution >= 4 is 11.6 Å². The molecule has 1 heterocycles. The zero-order chi connectivity index (χ0) is 13.7. The lowest BCUT2D eigenvalue weighted by Gasteiger charge is -2.16. The summed E-state index contributed by atoms with van der Waals surface area (Å²) in [5.74, 6) is 0.633. The second-order valence-electron chi connectivity index (χ2n) is 5.64. The first-order valence-corrected chi connectivity index (χ1v) is 7.71. The number of nitrogens with zero attached hydrogens (tertiary/aromatic N) is 3. The van der Waals surface area contributed by atoms with E-state index in [1.54, 1.807) is 0 Å². The molecular weight excluding hydrogens is 258 g/mol. The number of alkyl halides is 1. The molecule has 0 N–H and O–H groups in total. The average Bonchev–Trinajstić information content (AvgIpc) is 2.77. The van der Waals surface area contributed by atoms with Crippen LogP contribution in [0.1, 0.15) is 56.3 Å². The largest absolute Gasteiger partial charge is 0.254 e. The summed E-state index contributed by atoms with van der Waals surface area (Å²) in [5.41, 5.74) is 1.62. The number of halogens is 1. The van der Waals surface area contributed by atoms with E-state index < -0.39 is 0 Å². The summed E-state index contributed by atoms with van der Waals surface area (Å²) in [7, 11) is 0. The van der Waals surface area contributed by atoms with Crippen molar-refractivity contribution in [2.24, 2.45) is 5.92 Å². The first-order valence-electron chi connectivity index (χ1n) is 7.27. The Hall–Kier alpha value is -1.01. The number of hydrogen-bond donors (Lipinski definition) is 0. The molecule has 0 radical (unpaired) electrons. The first kappa shape index (κ1) is 14.4. The molecule has 0 amide bonds. The smallest absolute Gasteiger partial charge is 0.138 e. The fraction of sp³-hybridized carbons (Fsp3) is 0.733. The van der Waals surface area contributed by atoms with E-state index in [1.165, 1.54) is 32.1 Å². The molecule has 0 aliphatic heterocycles. The van der Waals surface area contributed by atoms with Crippen molar-refractivity contribution in [3.63, 3.8) is 0 Å². The maximum atomic E-state index is 9.11. The fourth-order valence-electron chi connectivity index (χ4n) is 2.92. The van der Waals surface area contributed by atoms with Crippen LogP contribution in [0.5, 0.6) is 0 Å². The maximum absolute atomic E-state index is 9.11. The minimum atomic E-state index is 0.361. The van der Waals surface area contributed by atoms with Crippen LogP contribution in [0.4, 0.5) is 0 Å². The molecule has 2 atom stereocenters. The highest BCUT2D eigenvalue weighted by molar-refractivity contribution is 6.20. The number of nitriles is 1. The molecule has 1 aliphatic carbocycles. The Morgan fingerprint density at radius 2 is 2.00 bits per heavy atom. The molecule has 1 saturated carbocycles. The topological polar surface area (TPSA) is 41.6 Å². The summed E-state index contributed by atoms with van der Waals surface area (Å²) in [6.45, 7) is 2.82. The quantitative estimate of drug-likeness (QED) is 0.767. The van der Waals surface area contributed by atoms with Crippen LogP contribution < -0.4 is 0 Å². The van der Waals surface area contributed by atoms with Gasteiger partial charge in [0.1, 0.15) is 11.8 Å². The van der Waals surface area contributed by atoms with Crippen LogP contribution in [-0.2, 0) is 6.54 Å². The normalized spacial score (nSPS) is 25.1. The Morgan fingerprint density at radius 1 is 1.32 bits per heavy atom. The van der Waals surface area contributed by atoms with E-state index in [2.05, 4.69) is 11.2 Å². The van der Waals surface area contributed by atoms with Gasteiger partial charge in [0.25, 0.3) is 0 Å². The minimum Gasteiger partial charge on any atom is -0.254 e. The van der Waals surface area contributed by atoms with E-state index >= 15 is 0 Å². The second kappa shape index (κ2) is 6.96. The zero-order valence-corrected chi connectivity index (χ0v) is 12.4. The summed E-state index contributed by atoms with van der Waals surface area (Å²) in [6, 6.07) is 4.10. The molecule has 0 bridgehead atoms. The van der Waals surface area contributed by atoms with Crippen LogP contribution in [0.3, 0.4) is 0 Å². The molecule has 1 aromatic heterocycles. The molecule has 4 heteroatoms. The van der Waals surface area contributed by atoms with Gasteiger partial charge in [-0.3, -0.25) is 4.68 Å². The summed E-state index contributed by atoms with van der Waals surface area (Å²) in [4.78, 5) is 0. The van der Waals surface area contributed by atoms with Crippen LogP contribution >= 0.6 is 11.6 Å². The van der Waals surface area contributed by atoms with Crippen LogP contribution in [0.25, 0.3) is 0 Å². The van der Waals surface area contributed by atoms with Gasteiger partial charge in [-0.25, -0.2) is 0 Å². The Morgan fingerprint density at radius 3 is 2.79 bits per heavy atom. The van der Waals surface area contributed by atoms with Crippen molar-refractivity contribution in [2.75, 3.05) is 0 Å². The lowest BCUT2D eigenvalue weighted by atomic mass is 9.97. The van der Waals surface area contributed by atoms with Gasteiger partial charge < -0.3 is 0 Å². The highest BCUT2D eigenvalue weighted by Gasteiger charge is 2.16. The van der Waals surface area contributed by atoms with Gasteiger partial charge in [-0.05, 0) is 44.6 Å². The Balaban J connectivity index is 1.98. The number of aromatic nitrogens is 2. The van der Waals surface area contributed by atoms with Gasteiger partial charge in [0.15, 0.2) is 0 Å². The van der Waals surface area contributed by atoms with Crippen molar-refractivity contribution in [1.82, 2.24) is 9.78 Å². The van der Waals surface area contributed by atoms with E-state index in [0.717, 1.165) is 25.1 Å². The van der Waals surface area contributed by atoms with Crippen molar-refractivity contribution in [3.8, 4) is 6.07 Å². The van der Waals surface area contributed by atoms with Crippen molar-refractivity contribution in [3.05, 3.63) is 17.5 Å². The van der Waals surface area contributed by atoms with E-state index in [4.69, 9.17) is 16.9 Å². The molecule has 1 fully saturated rings. The van der Waals surface area contributed by atoms with Gasteiger partial charge in [-0.1, -0.05) is 19.3 Å². The van der Waals surface area contributed by atoms with Gasteiger partial charge in [0.2, 0.25) is 0 Å². The molecule has 3 nitrogen and oxygen atoms in total. The van der Waals surface area contributed by atoms with Gasteiger partial charge >= 0.3 is 0 Å². The highest BCUT2D eigenvalue weighted by Crippen LogP contribution is 2.25. The molecule has 1 aromatic rings. The van der Waals surface area contributed by atoms with Crippen molar-refractivity contribution in [1.29, 1.82) is 5.26 Å². The molecule has 0 saturated heterocycles. The molecule has 0 aromatic carbocycles. The first-order chi connectivity index (χ1) is 9.19. The summed E-state index contributed by atoms with van der Waals surface area (Å²) < 4.78 is 1.88. The number of hydrogen-bond acceptors (Lipinski definition) is 2. The van der Waals surface area contributed by atoms with E-state index in [1.807, 2.05) is 17.7 Å². The van der Waals surface area contributed by atoms with Gasteiger partial charge in [-0.2, -0.15) is 10.4 Å². The molecule has 2 rings (SSSR count). The van der Waals surface area contributed by atoms with Gasteiger partial charge in [0, 0.05) is 11.9 Å². The number of rotatable bonds is 2. The van der Waals surface area contributed by atoms with Gasteiger partial charge in [-0.15, -0.1) is 11.6 Å². The Labute approximate surface area is 120 Å². The third-order valence-corrected chi connectivity index (χ3v) is 4.39. The lowest BCUT2D eigenvalue weighted by molar-refractivity contribution is 0.354. The third-order valence-electron chi connectivity index (χ3n) is 3.96. The van der Waals surface area contributed by atoms with E-state index in [-0.39, 0.29) is 0 Å². The van der Waals surface area contributed by atoms with E-state index in [9.17, 15) is 0 Å². The zero-order valence-electron chi connectivity index (χ0n) is 11.6. The third kappa shape index (κ3) is 4.24. The minimum absolute atomic E-state index is 0.361. The Bertz CT molecular complexity index is 447. The van der Waals surface area contributed by atoms with Crippen LogP contribution in [0.2, 0.25) is 0 Å². The summed E-state index contributed by atoms with van der Waals surface area (Å²) in [5, 5.41) is 13.9. The highest BCUT2D eigenvalue weighted by atomic mass is 35.5. The summed E-state index contributed by atoms with van der Waals surface area (Å²) in [6.07, 6.45) is 8.38. The van der Waals surface area contributed by atoms with Gasteiger partial charge in [0.05, 0.1) is 5.69 Å². The van der Waals surface area contributed by atoms with Crippen LogP contribution in [-0.4, -0.2) is 15.2 Å². The molecule has 1 aliphatic rings. The SMILES string of the molecule is Cc1cc(C#N)n(CC2CCCCC(Cl)CCC2)n1. The van der Waals surface area contributed by atoms with Crippen molar-refractivity contribution in [2.45, 2.75) is 63.8 Å². The molecule has 2 unspecified atom stereocenters. The predicted molar refractivity (Wildman–Crippen MR) is 77.1 cm³/mol. The number of aryl methyl sites for hydroxylation is 1. The summed E-state index contributed by atoms with van der Waals surface area (Å²) >= 11 is 6.26. The fourth-order valence-corrected chi connectivity index (χ4v) is 3.23.